The first-order chi connectivity index (χ1) is 15.3. The molecule has 0 saturated heterocycles. The molecular formula is C24H23N5O2. The highest BCUT2D eigenvalue weighted by atomic mass is 16.5. The van der Waals surface area contributed by atoms with Crippen LogP contribution in [0.5, 0.6) is 5.75 Å². The summed E-state index contributed by atoms with van der Waals surface area (Å²) in [5.41, 5.74) is 3.45. The first-order valence-electron chi connectivity index (χ1n) is 10.1. The number of H-pyrrole nitrogens is 1. The van der Waals surface area contributed by atoms with Crippen molar-refractivity contribution < 1.29 is 4.74 Å². The van der Waals surface area contributed by atoms with Gasteiger partial charge in [-0.1, -0.05) is 18.2 Å². The molecule has 1 aromatic carbocycles. The number of hydrogen-bond donors (Lipinski definition) is 2. The summed E-state index contributed by atoms with van der Waals surface area (Å²) >= 11 is 0. The summed E-state index contributed by atoms with van der Waals surface area (Å²) in [6.45, 7) is 1.09. The molecule has 0 spiro atoms. The largest absolute Gasteiger partial charge is 0.493 e. The number of hydrogen-bond acceptors (Lipinski definition) is 6. The molecule has 0 atom stereocenters. The predicted molar refractivity (Wildman–Crippen MR) is 120 cm³/mol. The average molecular weight is 413 g/mol. The van der Waals surface area contributed by atoms with Crippen LogP contribution in [0, 0.1) is 0 Å². The molecule has 31 heavy (non-hydrogen) atoms. The van der Waals surface area contributed by atoms with Crippen LogP contribution < -0.4 is 15.6 Å². The fraction of sp³-hybridized carbons (Fsp3) is 0.167. The van der Waals surface area contributed by atoms with Gasteiger partial charge in [-0.25, -0.2) is 4.98 Å². The monoisotopic (exact) mass is 413 g/mol. The van der Waals surface area contributed by atoms with Crippen molar-refractivity contribution >= 4 is 5.95 Å². The molecular weight excluding hydrogens is 390 g/mol. The number of aromatic amines is 1. The lowest BCUT2D eigenvalue weighted by Crippen LogP contribution is -2.13. The first-order valence-corrected chi connectivity index (χ1v) is 10.1. The first kappa shape index (κ1) is 20.3. The third-order valence-corrected chi connectivity index (χ3v) is 4.75. The number of aryl methyl sites for hydroxylation is 1. The maximum Gasteiger partial charge on any atom is 0.252 e. The third-order valence-electron chi connectivity index (χ3n) is 4.75. The van der Waals surface area contributed by atoms with E-state index in [1.807, 2.05) is 48.5 Å². The Morgan fingerprint density at radius 3 is 2.48 bits per heavy atom. The van der Waals surface area contributed by atoms with Crippen molar-refractivity contribution in [3.05, 3.63) is 101 Å². The zero-order valence-electron chi connectivity index (χ0n) is 17.0. The zero-order chi connectivity index (χ0) is 21.3. The molecule has 7 heteroatoms. The summed E-state index contributed by atoms with van der Waals surface area (Å²) in [6.07, 6.45) is 8.81. The van der Waals surface area contributed by atoms with Gasteiger partial charge in [0.2, 0.25) is 5.95 Å². The van der Waals surface area contributed by atoms with Gasteiger partial charge in [0.1, 0.15) is 5.75 Å². The van der Waals surface area contributed by atoms with Gasteiger partial charge >= 0.3 is 0 Å². The summed E-state index contributed by atoms with van der Waals surface area (Å²) < 4.78 is 6.01. The van der Waals surface area contributed by atoms with Gasteiger partial charge in [0.25, 0.3) is 5.56 Å². The fourth-order valence-corrected chi connectivity index (χ4v) is 3.19. The van der Waals surface area contributed by atoms with Gasteiger partial charge in [-0.3, -0.25) is 19.7 Å². The Bertz CT molecular complexity index is 1160. The molecule has 3 heterocycles. The highest BCUT2D eigenvalue weighted by Gasteiger charge is 2.07. The van der Waals surface area contributed by atoms with Gasteiger partial charge in [-0.05, 0) is 48.7 Å². The van der Waals surface area contributed by atoms with E-state index in [2.05, 4.69) is 25.3 Å². The van der Waals surface area contributed by atoms with Gasteiger partial charge in [-0.15, -0.1) is 0 Å². The molecule has 0 aliphatic rings. The Kier molecular flexibility index (Phi) is 6.64. The van der Waals surface area contributed by atoms with Crippen LogP contribution in [0.2, 0.25) is 0 Å². The lowest BCUT2D eigenvalue weighted by atomic mass is 10.1. The van der Waals surface area contributed by atoms with Crippen LogP contribution in [-0.2, 0) is 13.0 Å². The van der Waals surface area contributed by atoms with E-state index in [-0.39, 0.29) is 5.56 Å². The average Bonchev–Trinajstić information content (AvgIpc) is 2.82. The Labute approximate surface area is 180 Å². The van der Waals surface area contributed by atoms with E-state index in [0.717, 1.165) is 29.7 Å². The van der Waals surface area contributed by atoms with E-state index in [1.54, 1.807) is 24.8 Å². The topological polar surface area (TPSA) is 92.8 Å². The molecule has 7 nitrogen and oxygen atoms in total. The molecule has 3 aromatic heterocycles. The number of ether oxygens (including phenoxy) is 1. The van der Waals surface area contributed by atoms with Gasteiger partial charge < -0.3 is 10.1 Å². The van der Waals surface area contributed by atoms with Crippen LogP contribution in [0.25, 0.3) is 11.3 Å². The number of benzene rings is 1. The van der Waals surface area contributed by atoms with Crippen molar-refractivity contribution in [1.82, 2.24) is 19.9 Å². The minimum atomic E-state index is -0.218. The minimum Gasteiger partial charge on any atom is -0.493 e. The molecule has 0 bridgehead atoms. The highest BCUT2D eigenvalue weighted by molar-refractivity contribution is 5.59. The summed E-state index contributed by atoms with van der Waals surface area (Å²) in [5.74, 6) is 1.23. The third kappa shape index (κ3) is 5.76. The van der Waals surface area contributed by atoms with Crippen molar-refractivity contribution in [3.8, 4) is 17.0 Å². The predicted octanol–water partition coefficient (Wildman–Crippen LogP) is 3.85. The maximum absolute atomic E-state index is 12.1. The number of nitrogens with zero attached hydrogens (tertiary/aromatic N) is 3. The van der Waals surface area contributed by atoms with Crippen LogP contribution >= 0.6 is 0 Å². The molecule has 0 unspecified atom stereocenters. The lowest BCUT2D eigenvalue weighted by Gasteiger charge is -2.13. The normalized spacial score (nSPS) is 10.6. The van der Waals surface area contributed by atoms with Crippen molar-refractivity contribution in [1.29, 1.82) is 0 Å². The Hall–Kier alpha value is -4.00. The molecule has 0 radical (unpaired) electrons. The number of nitrogens with one attached hydrogen (secondary N) is 2. The van der Waals surface area contributed by atoms with E-state index in [4.69, 9.17) is 4.74 Å². The summed E-state index contributed by atoms with van der Waals surface area (Å²) in [6, 6.07) is 17.0. The van der Waals surface area contributed by atoms with Crippen LogP contribution in [0.3, 0.4) is 0 Å². The molecule has 4 aromatic rings. The second kappa shape index (κ2) is 10.2. The van der Waals surface area contributed by atoms with Crippen LogP contribution in [0.15, 0.2) is 84.2 Å². The van der Waals surface area contributed by atoms with Gasteiger partial charge in [0, 0.05) is 48.5 Å². The van der Waals surface area contributed by atoms with Crippen molar-refractivity contribution in [2.24, 2.45) is 0 Å². The van der Waals surface area contributed by atoms with Gasteiger partial charge in [-0.2, -0.15) is 0 Å². The molecule has 0 amide bonds. The van der Waals surface area contributed by atoms with Crippen molar-refractivity contribution in [2.75, 3.05) is 11.9 Å². The highest BCUT2D eigenvalue weighted by Crippen LogP contribution is 2.20. The second-order valence-corrected chi connectivity index (χ2v) is 6.98. The molecule has 0 aliphatic heterocycles. The molecule has 0 fully saturated rings. The molecule has 156 valence electrons. The number of anilines is 1. The number of rotatable bonds is 9. The minimum absolute atomic E-state index is 0.218. The summed E-state index contributed by atoms with van der Waals surface area (Å²) in [5, 5.41) is 3.20. The van der Waals surface area contributed by atoms with E-state index >= 15 is 0 Å². The molecule has 4 rings (SSSR count). The maximum atomic E-state index is 12.1. The SMILES string of the molecule is O=c1cc(-c2ccncc2)nc(NCc2ccccc2OCCCc2ccncc2)[nH]1. The quantitative estimate of drug-likeness (QED) is 0.405. The van der Waals surface area contributed by atoms with Crippen LogP contribution in [0.4, 0.5) is 5.95 Å². The Morgan fingerprint density at radius 1 is 0.935 bits per heavy atom. The number of pyridine rings is 2. The number of para-hydroxylation sites is 1. The number of aromatic nitrogens is 4. The van der Waals surface area contributed by atoms with Gasteiger partial charge in [0.05, 0.1) is 12.3 Å². The Morgan fingerprint density at radius 2 is 1.68 bits per heavy atom. The van der Waals surface area contributed by atoms with Crippen LogP contribution in [0.1, 0.15) is 17.5 Å². The van der Waals surface area contributed by atoms with E-state index in [9.17, 15) is 4.79 Å². The summed E-state index contributed by atoms with van der Waals surface area (Å²) in [7, 11) is 0. The van der Waals surface area contributed by atoms with E-state index in [1.165, 1.54) is 11.6 Å². The zero-order valence-corrected chi connectivity index (χ0v) is 17.0. The van der Waals surface area contributed by atoms with E-state index in [0.29, 0.717) is 24.8 Å². The smallest absolute Gasteiger partial charge is 0.252 e. The molecule has 0 saturated carbocycles. The second-order valence-electron chi connectivity index (χ2n) is 6.98. The van der Waals surface area contributed by atoms with Crippen LogP contribution in [-0.4, -0.2) is 26.5 Å². The van der Waals surface area contributed by atoms with E-state index < -0.39 is 0 Å². The summed E-state index contributed by atoms with van der Waals surface area (Å²) in [4.78, 5) is 27.4. The van der Waals surface area contributed by atoms with Crippen molar-refractivity contribution in [2.45, 2.75) is 19.4 Å². The Balaban J connectivity index is 1.38. The lowest BCUT2D eigenvalue weighted by molar-refractivity contribution is 0.308. The van der Waals surface area contributed by atoms with Crippen molar-refractivity contribution in [3.63, 3.8) is 0 Å². The molecule has 0 aliphatic carbocycles. The molecule has 2 N–H and O–H groups in total. The van der Waals surface area contributed by atoms with Gasteiger partial charge in [0.15, 0.2) is 0 Å². The standard InChI is InChI=1S/C24H23N5O2/c30-23-16-21(19-9-13-26-14-10-19)28-24(29-23)27-17-20-5-1-2-6-22(20)31-15-3-4-18-7-11-25-12-8-18/h1-2,5-14,16H,3-4,15,17H2,(H2,27,28,29,30). The fourth-order valence-electron chi connectivity index (χ4n) is 3.19.